The maximum Gasteiger partial charge on any atom is 0.223 e. The second-order valence-corrected chi connectivity index (χ2v) is 8.15. The molecule has 1 aromatic heterocycles. The summed E-state index contributed by atoms with van der Waals surface area (Å²) in [6, 6.07) is 14.5. The molecule has 1 saturated heterocycles. The van der Waals surface area contributed by atoms with Gasteiger partial charge in [0.05, 0.1) is 0 Å². The quantitative estimate of drug-likeness (QED) is 0.443. The minimum absolute atomic E-state index is 0.245. The van der Waals surface area contributed by atoms with Crippen molar-refractivity contribution in [1.82, 2.24) is 20.5 Å². The van der Waals surface area contributed by atoms with Crippen LogP contribution in [0.3, 0.4) is 0 Å². The Hall–Kier alpha value is -3.09. The van der Waals surface area contributed by atoms with E-state index in [9.17, 15) is 4.79 Å². The lowest BCUT2D eigenvalue weighted by atomic mass is 10.1. The zero-order valence-electron chi connectivity index (χ0n) is 19.6. The van der Waals surface area contributed by atoms with Crippen molar-refractivity contribution < 1.29 is 4.79 Å². The Morgan fingerprint density at radius 2 is 1.91 bits per heavy atom. The molecule has 1 fully saturated rings. The fourth-order valence-electron chi connectivity index (χ4n) is 4.02. The van der Waals surface area contributed by atoms with Crippen LogP contribution in [0, 0.1) is 5.92 Å². The number of likely N-dealkylation sites (tertiary alicyclic amines) is 1. The molecule has 7 heteroatoms. The van der Waals surface area contributed by atoms with Crippen molar-refractivity contribution in [2.45, 2.75) is 33.2 Å². The number of guanidine groups is 1. The molecule has 0 bridgehead atoms. The van der Waals surface area contributed by atoms with Crippen LogP contribution in [0.1, 0.15) is 31.4 Å². The number of hydrogen-bond donors (Lipinski definition) is 2. The van der Waals surface area contributed by atoms with Gasteiger partial charge in [-0.05, 0) is 37.5 Å². The molecule has 0 spiro atoms. The van der Waals surface area contributed by atoms with Gasteiger partial charge in [-0.25, -0.2) is 4.98 Å². The van der Waals surface area contributed by atoms with Gasteiger partial charge >= 0.3 is 0 Å². The summed E-state index contributed by atoms with van der Waals surface area (Å²) >= 11 is 0. The van der Waals surface area contributed by atoms with Crippen LogP contribution in [0.5, 0.6) is 0 Å². The van der Waals surface area contributed by atoms with E-state index in [1.807, 2.05) is 29.3 Å². The number of nitrogens with one attached hydrogen (secondary N) is 2. The normalized spacial score (nSPS) is 16.3. The van der Waals surface area contributed by atoms with Crippen molar-refractivity contribution in [3.63, 3.8) is 0 Å². The smallest absolute Gasteiger partial charge is 0.223 e. The van der Waals surface area contributed by atoms with Crippen LogP contribution >= 0.6 is 0 Å². The van der Waals surface area contributed by atoms with Crippen LogP contribution in [-0.2, 0) is 17.8 Å². The number of aliphatic imine (C=N–C) groups is 1. The summed E-state index contributed by atoms with van der Waals surface area (Å²) in [5, 5.41) is 6.72. The van der Waals surface area contributed by atoms with E-state index in [1.54, 1.807) is 7.05 Å². The van der Waals surface area contributed by atoms with E-state index in [1.165, 1.54) is 5.56 Å². The van der Waals surface area contributed by atoms with Crippen LogP contribution in [0.2, 0.25) is 0 Å². The monoisotopic (exact) mass is 436 g/mol. The van der Waals surface area contributed by atoms with E-state index in [0.29, 0.717) is 18.9 Å². The largest absolute Gasteiger partial charge is 0.357 e. The highest BCUT2D eigenvalue weighted by atomic mass is 16.2. The summed E-state index contributed by atoms with van der Waals surface area (Å²) in [5.41, 5.74) is 2.37. The molecule has 3 rings (SSSR count). The highest BCUT2D eigenvalue weighted by molar-refractivity contribution is 5.80. The maximum atomic E-state index is 12.4. The number of rotatable bonds is 10. The first-order valence-corrected chi connectivity index (χ1v) is 11.6. The first-order chi connectivity index (χ1) is 15.6. The molecule has 0 saturated carbocycles. The van der Waals surface area contributed by atoms with Gasteiger partial charge in [-0.1, -0.05) is 36.4 Å². The summed E-state index contributed by atoms with van der Waals surface area (Å²) in [6.07, 6.45) is 3.40. The molecule has 2 N–H and O–H groups in total. The Morgan fingerprint density at radius 1 is 1.12 bits per heavy atom. The van der Waals surface area contributed by atoms with Crippen LogP contribution in [-0.4, -0.2) is 61.5 Å². The molecular weight excluding hydrogens is 400 g/mol. The fraction of sp³-hybridized carbons (Fsp3) is 0.480. The van der Waals surface area contributed by atoms with Gasteiger partial charge in [-0.2, -0.15) is 0 Å². The molecule has 0 aliphatic carbocycles. The van der Waals surface area contributed by atoms with Crippen molar-refractivity contribution in [2.75, 3.05) is 44.7 Å². The molecule has 1 unspecified atom stereocenters. The zero-order valence-corrected chi connectivity index (χ0v) is 19.6. The Morgan fingerprint density at radius 3 is 2.56 bits per heavy atom. The number of pyridine rings is 1. The molecule has 2 heterocycles. The molecule has 1 atom stereocenters. The van der Waals surface area contributed by atoms with Crippen LogP contribution in [0.25, 0.3) is 0 Å². The Bertz CT molecular complexity index is 864. The van der Waals surface area contributed by atoms with E-state index in [4.69, 9.17) is 0 Å². The summed E-state index contributed by atoms with van der Waals surface area (Å²) in [4.78, 5) is 25.5. The lowest BCUT2D eigenvalue weighted by Gasteiger charge is -2.20. The molecule has 2 aromatic rings. The van der Waals surface area contributed by atoms with Crippen LogP contribution in [0.4, 0.5) is 5.82 Å². The van der Waals surface area contributed by atoms with Gasteiger partial charge in [0.15, 0.2) is 5.96 Å². The first-order valence-electron chi connectivity index (χ1n) is 11.6. The number of amides is 1. The van der Waals surface area contributed by atoms with Crippen molar-refractivity contribution in [2.24, 2.45) is 10.9 Å². The molecule has 1 amide bonds. The van der Waals surface area contributed by atoms with E-state index in [-0.39, 0.29) is 5.91 Å². The van der Waals surface area contributed by atoms with Crippen molar-refractivity contribution in [3.8, 4) is 0 Å². The number of carbonyl (C=O) groups is 1. The minimum atomic E-state index is 0.245. The van der Waals surface area contributed by atoms with Gasteiger partial charge < -0.3 is 20.4 Å². The van der Waals surface area contributed by atoms with Gasteiger partial charge in [-0.15, -0.1) is 0 Å². The second-order valence-electron chi connectivity index (χ2n) is 8.15. The molecule has 1 aliphatic rings. The Labute approximate surface area is 191 Å². The number of anilines is 1. The van der Waals surface area contributed by atoms with Crippen LogP contribution < -0.4 is 15.5 Å². The molecule has 32 heavy (non-hydrogen) atoms. The predicted molar refractivity (Wildman–Crippen MR) is 131 cm³/mol. The van der Waals surface area contributed by atoms with Gasteiger partial charge in [0, 0.05) is 64.9 Å². The van der Waals surface area contributed by atoms with Gasteiger partial charge in [0.1, 0.15) is 5.82 Å². The number of hydrogen-bond acceptors (Lipinski definition) is 4. The highest BCUT2D eigenvalue weighted by Gasteiger charge is 2.29. The topological polar surface area (TPSA) is 72.9 Å². The molecule has 0 radical (unpaired) electrons. The van der Waals surface area contributed by atoms with E-state index < -0.39 is 0 Å². The minimum Gasteiger partial charge on any atom is -0.357 e. The molecule has 1 aliphatic heterocycles. The van der Waals surface area contributed by atoms with E-state index in [0.717, 1.165) is 56.5 Å². The maximum absolute atomic E-state index is 12.4. The standard InChI is InChI=1S/C25H36N6O/c1-4-30(5-2)23-12-11-21(16-27-23)17-28-25(26-3)29-18-22-15-24(32)31(19-22)14-13-20-9-7-6-8-10-20/h6-12,16,22H,4-5,13-15,17-19H2,1-3H3,(H2,26,28,29). The average Bonchev–Trinajstić information content (AvgIpc) is 3.19. The summed E-state index contributed by atoms with van der Waals surface area (Å²) in [5.74, 6) is 2.29. The average molecular weight is 437 g/mol. The third-order valence-corrected chi connectivity index (χ3v) is 5.95. The molecule has 7 nitrogen and oxygen atoms in total. The summed E-state index contributed by atoms with van der Waals surface area (Å²) in [6.45, 7) is 9.13. The lowest BCUT2D eigenvalue weighted by Crippen LogP contribution is -2.40. The summed E-state index contributed by atoms with van der Waals surface area (Å²) in [7, 11) is 1.77. The third-order valence-electron chi connectivity index (χ3n) is 5.95. The fourth-order valence-corrected chi connectivity index (χ4v) is 4.02. The van der Waals surface area contributed by atoms with Crippen LogP contribution in [0.15, 0.2) is 53.7 Å². The Balaban J connectivity index is 1.41. The van der Waals surface area contributed by atoms with Gasteiger partial charge in [-0.3, -0.25) is 9.79 Å². The molecular formula is C25H36N6O. The zero-order chi connectivity index (χ0) is 22.8. The number of nitrogens with zero attached hydrogens (tertiary/aromatic N) is 4. The van der Waals surface area contributed by atoms with Crippen molar-refractivity contribution in [1.29, 1.82) is 0 Å². The van der Waals surface area contributed by atoms with Crippen molar-refractivity contribution >= 4 is 17.7 Å². The van der Waals surface area contributed by atoms with E-state index in [2.05, 4.69) is 63.6 Å². The van der Waals surface area contributed by atoms with Gasteiger partial charge in [0.2, 0.25) is 5.91 Å². The van der Waals surface area contributed by atoms with Crippen molar-refractivity contribution in [3.05, 3.63) is 59.8 Å². The predicted octanol–water partition coefficient (Wildman–Crippen LogP) is 2.68. The van der Waals surface area contributed by atoms with E-state index >= 15 is 0 Å². The highest BCUT2D eigenvalue weighted by Crippen LogP contribution is 2.17. The first kappa shape index (κ1) is 23.6. The number of carbonyl (C=O) groups excluding carboxylic acids is 1. The molecule has 1 aromatic carbocycles. The van der Waals surface area contributed by atoms with Gasteiger partial charge in [0.25, 0.3) is 0 Å². The number of benzene rings is 1. The molecule has 172 valence electrons. The SMILES string of the molecule is CCN(CC)c1ccc(CNC(=NC)NCC2CC(=O)N(CCc3ccccc3)C2)cn1. The third kappa shape index (κ3) is 6.70. The number of aromatic nitrogens is 1. The summed E-state index contributed by atoms with van der Waals surface area (Å²) < 4.78 is 0. The Kier molecular flexibility index (Phi) is 8.90. The second kappa shape index (κ2) is 12.1. The lowest BCUT2D eigenvalue weighted by molar-refractivity contribution is -0.127.